The lowest BCUT2D eigenvalue weighted by Gasteiger charge is -2.25. The minimum absolute atomic E-state index is 0.142. The van der Waals surface area contributed by atoms with E-state index in [0.717, 1.165) is 14.7 Å². The van der Waals surface area contributed by atoms with Crippen molar-refractivity contribution in [1.82, 2.24) is 4.57 Å². The predicted molar refractivity (Wildman–Crippen MR) is 195 cm³/mol. The highest BCUT2D eigenvalue weighted by molar-refractivity contribution is 14.1. The third-order valence-electron chi connectivity index (χ3n) is 7.31. The number of fused-ring (bicyclic) bond motifs is 1. The summed E-state index contributed by atoms with van der Waals surface area (Å²) in [5, 5.41) is 0.931. The zero-order chi connectivity index (χ0) is 35.2. The van der Waals surface area contributed by atoms with Gasteiger partial charge in [-0.25, -0.2) is 14.6 Å². The lowest BCUT2D eigenvalue weighted by Crippen LogP contribution is -2.40. The largest absolute Gasteiger partial charge is 0.490 e. The summed E-state index contributed by atoms with van der Waals surface area (Å²) in [6, 6.07) is 15.1. The van der Waals surface area contributed by atoms with Gasteiger partial charge in [-0.1, -0.05) is 52.7 Å². The molecule has 0 amide bonds. The molecule has 0 spiro atoms. The zero-order valence-corrected chi connectivity index (χ0v) is 31.4. The molecule has 0 saturated carbocycles. The van der Waals surface area contributed by atoms with Crippen molar-refractivity contribution in [2.24, 2.45) is 4.99 Å². The van der Waals surface area contributed by atoms with Gasteiger partial charge in [-0.2, -0.15) is 0 Å². The fourth-order valence-corrected chi connectivity index (χ4v) is 7.11. The molecule has 0 unspecified atom stereocenters. The Labute approximate surface area is 309 Å². The van der Waals surface area contributed by atoms with E-state index in [0.29, 0.717) is 61.1 Å². The van der Waals surface area contributed by atoms with Gasteiger partial charge in [0.2, 0.25) is 0 Å². The number of esters is 2. The van der Waals surface area contributed by atoms with Crippen molar-refractivity contribution in [3.8, 4) is 17.2 Å². The lowest BCUT2D eigenvalue weighted by molar-refractivity contribution is -0.143. The first kappa shape index (κ1) is 36.4. The van der Waals surface area contributed by atoms with Crippen LogP contribution in [0.3, 0.4) is 0 Å². The molecule has 0 radical (unpaired) electrons. The van der Waals surface area contributed by atoms with E-state index in [1.807, 2.05) is 31.2 Å². The third-order valence-corrected chi connectivity index (χ3v) is 9.87. The van der Waals surface area contributed by atoms with Crippen LogP contribution in [0.25, 0.3) is 6.08 Å². The molecule has 0 saturated heterocycles. The van der Waals surface area contributed by atoms with Crippen molar-refractivity contribution >= 4 is 75.1 Å². The maximum Gasteiger partial charge on any atom is 0.343 e. The number of methoxy groups -OCH3 is 1. The Bertz CT molecular complexity index is 2130. The van der Waals surface area contributed by atoms with Crippen LogP contribution < -0.4 is 29.1 Å². The first-order valence-corrected chi connectivity index (χ1v) is 17.7. The SMILES string of the molecule is CCOC(=O)C1=C(C)N=c2s/c(=C\c3ccc(OCc4ccc(Cl)c(Cl)c4)c(I)c3)c(=O)n2[C@H]1c1ccc(OCC(=O)OC)c(OCC)c1. The van der Waals surface area contributed by atoms with Gasteiger partial charge in [0, 0.05) is 0 Å². The molecule has 10 nitrogen and oxygen atoms in total. The molecule has 1 aliphatic heterocycles. The Kier molecular flexibility index (Phi) is 12.1. The molecule has 0 N–H and O–H groups in total. The summed E-state index contributed by atoms with van der Waals surface area (Å²) in [7, 11) is 1.27. The van der Waals surface area contributed by atoms with Gasteiger partial charge in [0.25, 0.3) is 5.56 Å². The standard InChI is InChI=1S/C35H31Cl2IN2O8S/c1-5-45-28-16-22(9-12-27(28)48-18-30(41)44-4)32-31(34(43)46-6-2)19(3)39-35-40(32)33(42)29(49-35)15-20-8-11-26(25(38)14-20)47-17-21-7-10-23(36)24(37)13-21/h7-16,32H,5-6,17-18H2,1-4H3/b29-15-/t32-/m0/s1. The molecule has 3 aromatic carbocycles. The van der Waals surface area contributed by atoms with Crippen molar-refractivity contribution in [3.63, 3.8) is 0 Å². The molecule has 1 aliphatic rings. The van der Waals surface area contributed by atoms with Crippen LogP contribution in [0.5, 0.6) is 17.2 Å². The van der Waals surface area contributed by atoms with Crippen molar-refractivity contribution in [3.05, 3.63) is 116 Å². The average molecular weight is 838 g/mol. The van der Waals surface area contributed by atoms with E-state index in [2.05, 4.69) is 32.3 Å². The third kappa shape index (κ3) is 8.31. The van der Waals surface area contributed by atoms with E-state index >= 15 is 0 Å². The molecule has 1 atom stereocenters. The first-order valence-electron chi connectivity index (χ1n) is 15.1. The number of benzene rings is 3. The van der Waals surface area contributed by atoms with Gasteiger partial charge >= 0.3 is 11.9 Å². The van der Waals surface area contributed by atoms with Crippen LogP contribution >= 0.6 is 57.1 Å². The van der Waals surface area contributed by atoms with Crippen LogP contribution in [0.15, 0.2) is 75.7 Å². The summed E-state index contributed by atoms with van der Waals surface area (Å²) < 4.78 is 30.3. The highest BCUT2D eigenvalue weighted by atomic mass is 127. The van der Waals surface area contributed by atoms with Gasteiger partial charge in [0.05, 0.1) is 55.8 Å². The normalized spacial score (nSPS) is 14.2. The highest BCUT2D eigenvalue weighted by Gasteiger charge is 2.34. The minimum atomic E-state index is -0.872. The summed E-state index contributed by atoms with van der Waals surface area (Å²) in [6.45, 7) is 5.67. The van der Waals surface area contributed by atoms with Gasteiger partial charge in [-0.05, 0) is 103 Å². The summed E-state index contributed by atoms with van der Waals surface area (Å²) >= 11 is 15.6. The Morgan fingerprint density at radius 1 is 0.959 bits per heavy atom. The molecule has 256 valence electrons. The summed E-state index contributed by atoms with van der Waals surface area (Å²) in [4.78, 5) is 44.3. The number of rotatable bonds is 12. The minimum Gasteiger partial charge on any atom is -0.490 e. The Hall–Kier alpha value is -3.85. The quantitative estimate of drug-likeness (QED) is 0.122. The number of aromatic nitrogens is 1. The number of halogens is 3. The van der Waals surface area contributed by atoms with Crippen LogP contribution in [0.1, 0.15) is 43.5 Å². The Morgan fingerprint density at radius 2 is 1.73 bits per heavy atom. The smallest absolute Gasteiger partial charge is 0.343 e. The fourth-order valence-electron chi connectivity index (χ4n) is 5.05. The van der Waals surface area contributed by atoms with E-state index < -0.39 is 18.0 Å². The number of carbonyl (C=O) groups excluding carboxylic acids is 2. The predicted octanol–water partition coefficient (Wildman–Crippen LogP) is 6.24. The summed E-state index contributed by atoms with van der Waals surface area (Å²) in [6.07, 6.45) is 1.78. The van der Waals surface area contributed by atoms with Gasteiger partial charge in [-0.15, -0.1) is 0 Å². The molecule has 49 heavy (non-hydrogen) atoms. The van der Waals surface area contributed by atoms with Gasteiger partial charge < -0.3 is 23.7 Å². The molecular weight excluding hydrogens is 806 g/mol. The average Bonchev–Trinajstić information content (AvgIpc) is 3.38. The maximum absolute atomic E-state index is 14.1. The van der Waals surface area contributed by atoms with Crippen LogP contribution in [0.2, 0.25) is 10.0 Å². The molecule has 1 aromatic heterocycles. The Morgan fingerprint density at radius 3 is 2.43 bits per heavy atom. The molecule has 0 bridgehead atoms. The number of carbonyl (C=O) groups is 2. The van der Waals surface area contributed by atoms with Crippen LogP contribution in [-0.4, -0.2) is 43.4 Å². The monoisotopic (exact) mass is 836 g/mol. The van der Waals surface area contributed by atoms with Gasteiger partial charge in [0.1, 0.15) is 12.4 Å². The number of ether oxygens (including phenoxy) is 5. The van der Waals surface area contributed by atoms with E-state index in [-0.39, 0.29) is 24.3 Å². The van der Waals surface area contributed by atoms with Crippen molar-refractivity contribution in [2.75, 3.05) is 26.9 Å². The second-order valence-electron chi connectivity index (χ2n) is 10.5. The van der Waals surface area contributed by atoms with Crippen molar-refractivity contribution in [1.29, 1.82) is 0 Å². The lowest BCUT2D eigenvalue weighted by atomic mass is 9.95. The Balaban J connectivity index is 1.53. The molecule has 4 aromatic rings. The number of hydrogen-bond acceptors (Lipinski definition) is 10. The second kappa shape index (κ2) is 16.2. The van der Waals surface area contributed by atoms with Gasteiger partial charge in [0.15, 0.2) is 22.9 Å². The fraction of sp³-hybridized carbons (Fsp3) is 0.257. The number of nitrogens with zero attached hydrogens (tertiary/aromatic N) is 2. The van der Waals surface area contributed by atoms with Crippen LogP contribution in [-0.2, 0) is 25.7 Å². The molecule has 2 heterocycles. The highest BCUT2D eigenvalue weighted by Crippen LogP contribution is 2.36. The summed E-state index contributed by atoms with van der Waals surface area (Å²) in [5.41, 5.74) is 2.54. The molecule has 5 rings (SSSR count). The van der Waals surface area contributed by atoms with E-state index in [4.69, 9.17) is 42.1 Å². The van der Waals surface area contributed by atoms with Crippen molar-refractivity contribution < 1.29 is 33.3 Å². The van der Waals surface area contributed by atoms with E-state index in [9.17, 15) is 14.4 Å². The topological polar surface area (TPSA) is 115 Å². The first-order chi connectivity index (χ1) is 23.5. The maximum atomic E-state index is 14.1. The van der Waals surface area contributed by atoms with Crippen LogP contribution in [0.4, 0.5) is 0 Å². The van der Waals surface area contributed by atoms with Crippen LogP contribution in [0, 0.1) is 3.57 Å². The number of thiazole rings is 1. The van der Waals surface area contributed by atoms with E-state index in [1.165, 1.54) is 23.0 Å². The van der Waals surface area contributed by atoms with E-state index in [1.54, 1.807) is 50.3 Å². The molecule has 0 aliphatic carbocycles. The zero-order valence-electron chi connectivity index (χ0n) is 26.9. The van der Waals surface area contributed by atoms with Gasteiger partial charge in [-0.3, -0.25) is 9.36 Å². The second-order valence-corrected chi connectivity index (χ2v) is 13.5. The number of hydrogen-bond donors (Lipinski definition) is 0. The molecule has 0 fully saturated rings. The molecular formula is C35H31Cl2IN2O8S. The number of allylic oxidation sites excluding steroid dienone is 1. The van der Waals surface area contributed by atoms with Crippen molar-refractivity contribution in [2.45, 2.75) is 33.4 Å². The summed E-state index contributed by atoms with van der Waals surface area (Å²) in [5.74, 6) is 0.171. The molecule has 14 heteroatoms.